The molecule has 4 heterocycles. The van der Waals surface area contributed by atoms with E-state index < -0.39 is 9.84 Å². The molecule has 0 bridgehead atoms. The van der Waals surface area contributed by atoms with Gasteiger partial charge >= 0.3 is 0 Å². The molecule has 0 aromatic rings. The maximum Gasteiger partial charge on any atom is 0.236 e. The van der Waals surface area contributed by atoms with E-state index >= 15 is 0 Å². The van der Waals surface area contributed by atoms with Crippen molar-refractivity contribution in [2.75, 3.05) is 70.5 Å². The predicted octanol–water partition coefficient (Wildman–Crippen LogP) is 0.210. The minimum absolute atomic E-state index is 0.157. The summed E-state index contributed by atoms with van der Waals surface area (Å²) >= 11 is 0. The lowest BCUT2D eigenvalue weighted by atomic mass is 9.72. The number of ether oxygens (including phenoxy) is 1. The zero-order chi connectivity index (χ0) is 18.9. The van der Waals surface area contributed by atoms with Crippen molar-refractivity contribution >= 4 is 15.7 Å². The van der Waals surface area contributed by atoms with Crippen molar-refractivity contribution in [2.24, 2.45) is 5.41 Å². The Kier molecular flexibility index (Phi) is 5.79. The highest BCUT2D eigenvalue weighted by molar-refractivity contribution is 7.91. The van der Waals surface area contributed by atoms with Gasteiger partial charge in [0.25, 0.3) is 0 Å². The molecular formula is C19H33N3O4S. The molecule has 0 aliphatic carbocycles. The van der Waals surface area contributed by atoms with Crippen molar-refractivity contribution in [3.8, 4) is 0 Å². The van der Waals surface area contributed by atoms with Gasteiger partial charge in [0, 0.05) is 45.4 Å². The van der Waals surface area contributed by atoms with Gasteiger partial charge in [-0.3, -0.25) is 14.6 Å². The highest BCUT2D eigenvalue weighted by Gasteiger charge is 2.37. The van der Waals surface area contributed by atoms with Crippen LogP contribution in [0.4, 0.5) is 0 Å². The number of sulfone groups is 1. The number of carbonyl (C=O) groups excluding carboxylic acids is 1. The van der Waals surface area contributed by atoms with E-state index in [1.165, 1.54) is 25.7 Å². The zero-order valence-corrected chi connectivity index (χ0v) is 17.1. The van der Waals surface area contributed by atoms with Crippen LogP contribution in [0, 0.1) is 5.41 Å². The summed E-state index contributed by atoms with van der Waals surface area (Å²) in [5.74, 6) is 0.845. The number of piperidine rings is 1. The molecule has 4 saturated heterocycles. The first-order valence-electron chi connectivity index (χ1n) is 10.5. The van der Waals surface area contributed by atoms with Gasteiger partial charge in [0.15, 0.2) is 9.84 Å². The summed E-state index contributed by atoms with van der Waals surface area (Å²) in [7, 11) is -2.84. The second kappa shape index (κ2) is 7.97. The topological polar surface area (TPSA) is 70.2 Å². The van der Waals surface area contributed by atoms with E-state index in [0.717, 1.165) is 58.9 Å². The molecule has 1 amide bonds. The Morgan fingerprint density at radius 2 is 1.63 bits per heavy atom. The van der Waals surface area contributed by atoms with Gasteiger partial charge in [0.2, 0.25) is 5.91 Å². The van der Waals surface area contributed by atoms with Crippen LogP contribution in [0.5, 0.6) is 0 Å². The lowest BCUT2D eigenvalue weighted by Gasteiger charge is -2.44. The minimum Gasteiger partial charge on any atom is -0.381 e. The molecule has 7 nitrogen and oxygen atoms in total. The van der Waals surface area contributed by atoms with Crippen molar-refractivity contribution in [2.45, 2.75) is 38.1 Å². The van der Waals surface area contributed by atoms with Crippen LogP contribution in [0.1, 0.15) is 32.1 Å². The smallest absolute Gasteiger partial charge is 0.236 e. The first kappa shape index (κ1) is 19.6. The quantitative estimate of drug-likeness (QED) is 0.676. The highest BCUT2D eigenvalue weighted by Crippen LogP contribution is 2.40. The molecule has 1 unspecified atom stereocenters. The number of rotatable bonds is 3. The molecule has 1 atom stereocenters. The van der Waals surface area contributed by atoms with Gasteiger partial charge in [-0.2, -0.15) is 0 Å². The van der Waals surface area contributed by atoms with E-state index in [1.807, 2.05) is 4.90 Å². The Morgan fingerprint density at radius 3 is 2.22 bits per heavy atom. The Balaban J connectivity index is 1.20. The molecule has 4 aliphatic heterocycles. The monoisotopic (exact) mass is 399 g/mol. The molecule has 8 heteroatoms. The van der Waals surface area contributed by atoms with E-state index in [2.05, 4.69) is 9.80 Å². The van der Waals surface area contributed by atoms with E-state index in [1.54, 1.807) is 0 Å². The van der Waals surface area contributed by atoms with Gasteiger partial charge in [-0.05, 0) is 50.6 Å². The summed E-state index contributed by atoms with van der Waals surface area (Å²) in [6.07, 6.45) is 5.47. The van der Waals surface area contributed by atoms with Crippen molar-refractivity contribution in [1.82, 2.24) is 14.7 Å². The lowest BCUT2D eigenvalue weighted by molar-refractivity contribution is -0.135. The molecule has 4 rings (SSSR count). The third-order valence-corrected chi connectivity index (χ3v) is 8.97. The number of piperazine rings is 1. The number of carbonyl (C=O) groups is 1. The molecule has 4 aliphatic rings. The fraction of sp³-hybridized carbons (Fsp3) is 0.947. The lowest BCUT2D eigenvalue weighted by Crippen LogP contribution is -2.54. The minimum atomic E-state index is -2.84. The molecule has 0 aromatic carbocycles. The molecule has 27 heavy (non-hydrogen) atoms. The van der Waals surface area contributed by atoms with Gasteiger partial charge in [-0.25, -0.2) is 8.42 Å². The van der Waals surface area contributed by atoms with Gasteiger partial charge in [-0.1, -0.05) is 0 Å². The second-order valence-electron chi connectivity index (χ2n) is 8.86. The van der Waals surface area contributed by atoms with Crippen molar-refractivity contribution < 1.29 is 17.9 Å². The van der Waals surface area contributed by atoms with E-state index in [0.29, 0.717) is 23.5 Å². The van der Waals surface area contributed by atoms with E-state index in [-0.39, 0.29) is 11.9 Å². The molecule has 154 valence electrons. The third kappa shape index (κ3) is 4.66. The highest BCUT2D eigenvalue weighted by atomic mass is 32.2. The first-order valence-corrected chi connectivity index (χ1v) is 12.3. The third-order valence-electron chi connectivity index (χ3n) is 7.22. The molecule has 0 N–H and O–H groups in total. The molecule has 1 spiro atoms. The number of likely N-dealkylation sites (tertiary alicyclic amines) is 1. The first-order chi connectivity index (χ1) is 12.9. The van der Waals surface area contributed by atoms with Gasteiger partial charge < -0.3 is 9.64 Å². The van der Waals surface area contributed by atoms with Crippen LogP contribution in [0.15, 0.2) is 0 Å². The van der Waals surface area contributed by atoms with Crippen LogP contribution in [0.3, 0.4) is 0 Å². The van der Waals surface area contributed by atoms with Crippen LogP contribution in [-0.4, -0.2) is 106 Å². The van der Waals surface area contributed by atoms with Crippen molar-refractivity contribution in [1.29, 1.82) is 0 Å². The largest absolute Gasteiger partial charge is 0.381 e. The van der Waals surface area contributed by atoms with Crippen molar-refractivity contribution in [3.05, 3.63) is 0 Å². The van der Waals surface area contributed by atoms with Crippen LogP contribution in [0.25, 0.3) is 0 Å². The fourth-order valence-electron chi connectivity index (χ4n) is 5.18. The predicted molar refractivity (Wildman–Crippen MR) is 103 cm³/mol. The average Bonchev–Trinajstić information content (AvgIpc) is 3.04. The normalized spacial score (nSPS) is 32.0. The fourth-order valence-corrected chi connectivity index (χ4v) is 6.94. The van der Waals surface area contributed by atoms with Crippen LogP contribution < -0.4 is 0 Å². The molecule has 0 aromatic heterocycles. The van der Waals surface area contributed by atoms with Crippen LogP contribution >= 0.6 is 0 Å². The van der Waals surface area contributed by atoms with Gasteiger partial charge in [0.05, 0.1) is 18.1 Å². The Labute approximate surface area is 162 Å². The van der Waals surface area contributed by atoms with Gasteiger partial charge in [-0.15, -0.1) is 0 Å². The van der Waals surface area contributed by atoms with E-state index in [9.17, 15) is 13.2 Å². The summed E-state index contributed by atoms with van der Waals surface area (Å²) in [5, 5.41) is 0. The second-order valence-corrected chi connectivity index (χ2v) is 11.1. The number of hydrogen-bond donors (Lipinski definition) is 0. The zero-order valence-electron chi connectivity index (χ0n) is 16.3. The molecule has 4 fully saturated rings. The summed E-state index contributed by atoms with van der Waals surface area (Å²) < 4.78 is 28.9. The van der Waals surface area contributed by atoms with Crippen molar-refractivity contribution in [3.63, 3.8) is 0 Å². The maximum absolute atomic E-state index is 12.7. The average molecular weight is 400 g/mol. The number of nitrogens with zero attached hydrogens (tertiary/aromatic N) is 3. The summed E-state index contributed by atoms with van der Waals surface area (Å²) in [4.78, 5) is 19.3. The summed E-state index contributed by atoms with van der Waals surface area (Å²) in [6, 6.07) is 0.157. The Morgan fingerprint density at radius 1 is 0.963 bits per heavy atom. The molecule has 0 radical (unpaired) electrons. The molecule has 0 saturated carbocycles. The Bertz CT molecular complexity index is 629. The maximum atomic E-state index is 12.7. The number of hydrogen-bond acceptors (Lipinski definition) is 6. The van der Waals surface area contributed by atoms with Gasteiger partial charge in [0.1, 0.15) is 0 Å². The van der Waals surface area contributed by atoms with E-state index in [4.69, 9.17) is 4.74 Å². The summed E-state index contributed by atoms with van der Waals surface area (Å²) in [5.41, 5.74) is 0.463. The summed E-state index contributed by atoms with van der Waals surface area (Å²) in [6.45, 7) is 7.41. The SMILES string of the molecule is O=C(CN1CCC2(CCOCC2)CC1)N1CCN(C2CCS(=O)(=O)C2)CC1. The van der Waals surface area contributed by atoms with Crippen LogP contribution in [-0.2, 0) is 19.4 Å². The standard InChI is InChI=1S/C19H33N3O4S/c23-18(15-20-6-2-19(3-7-20)4-12-26-13-5-19)22-10-8-21(9-11-22)17-1-14-27(24,25)16-17/h17H,1-16H2. The number of amides is 1. The molecular weight excluding hydrogens is 366 g/mol. The van der Waals surface area contributed by atoms with Crippen LogP contribution in [0.2, 0.25) is 0 Å². The Hall–Kier alpha value is -0.700.